The molecule has 0 atom stereocenters. The Morgan fingerprint density at radius 2 is 2.22 bits per heavy atom. The standard InChI is InChI=1S/C14H17NO3/c1-18-11-9-14(17)15-13-8-3-2-6-12(13)7-4-5-10-16/h2-3,6,8,16H,5,9-11H2,1H3,(H,15,17). The molecule has 0 aliphatic heterocycles. The number of methoxy groups -OCH3 is 1. The molecule has 18 heavy (non-hydrogen) atoms. The number of aliphatic hydroxyl groups excluding tert-OH is 1. The van der Waals surface area contributed by atoms with E-state index >= 15 is 0 Å². The van der Waals surface area contributed by atoms with E-state index in [0.717, 1.165) is 5.56 Å². The molecule has 0 saturated heterocycles. The van der Waals surface area contributed by atoms with Crippen LogP contribution in [0.5, 0.6) is 0 Å². The highest BCUT2D eigenvalue weighted by Crippen LogP contribution is 2.13. The fourth-order valence-electron chi connectivity index (χ4n) is 1.32. The number of benzene rings is 1. The third kappa shape index (κ3) is 5.00. The van der Waals surface area contributed by atoms with Gasteiger partial charge in [-0.25, -0.2) is 0 Å². The zero-order chi connectivity index (χ0) is 13.2. The summed E-state index contributed by atoms with van der Waals surface area (Å²) in [6, 6.07) is 7.32. The molecule has 0 aliphatic rings. The van der Waals surface area contributed by atoms with Crippen LogP contribution >= 0.6 is 0 Å². The normalized spacial score (nSPS) is 9.44. The van der Waals surface area contributed by atoms with Gasteiger partial charge in [-0.05, 0) is 12.1 Å². The highest BCUT2D eigenvalue weighted by Gasteiger charge is 2.04. The lowest BCUT2D eigenvalue weighted by Gasteiger charge is -2.06. The summed E-state index contributed by atoms with van der Waals surface area (Å²) in [5.74, 6) is 5.65. The zero-order valence-corrected chi connectivity index (χ0v) is 10.4. The summed E-state index contributed by atoms with van der Waals surface area (Å²) in [6.45, 7) is 0.430. The molecule has 0 saturated carbocycles. The van der Waals surface area contributed by atoms with E-state index in [2.05, 4.69) is 17.2 Å². The summed E-state index contributed by atoms with van der Waals surface area (Å²) in [7, 11) is 1.56. The molecule has 0 heterocycles. The number of hydrogen-bond acceptors (Lipinski definition) is 3. The monoisotopic (exact) mass is 247 g/mol. The van der Waals surface area contributed by atoms with Crippen LogP contribution in [0.25, 0.3) is 0 Å². The first kappa shape index (κ1) is 14.2. The van der Waals surface area contributed by atoms with Gasteiger partial charge in [0.15, 0.2) is 0 Å². The van der Waals surface area contributed by atoms with Gasteiger partial charge in [0.05, 0.1) is 25.3 Å². The minimum absolute atomic E-state index is 0.0371. The Balaban J connectivity index is 2.70. The van der Waals surface area contributed by atoms with Gasteiger partial charge in [-0.3, -0.25) is 4.79 Å². The van der Waals surface area contributed by atoms with Crippen LogP contribution in [0.3, 0.4) is 0 Å². The van der Waals surface area contributed by atoms with Crippen molar-refractivity contribution >= 4 is 11.6 Å². The number of amides is 1. The summed E-state index contributed by atoms with van der Waals surface area (Å²) < 4.78 is 4.84. The molecule has 1 aromatic rings. The minimum Gasteiger partial charge on any atom is -0.395 e. The number of anilines is 1. The van der Waals surface area contributed by atoms with Gasteiger partial charge < -0.3 is 15.2 Å². The molecule has 1 amide bonds. The molecule has 0 fully saturated rings. The van der Waals surface area contributed by atoms with Crippen molar-refractivity contribution in [1.82, 2.24) is 0 Å². The summed E-state index contributed by atoms with van der Waals surface area (Å²) in [5, 5.41) is 11.5. The third-order valence-electron chi connectivity index (χ3n) is 2.19. The van der Waals surface area contributed by atoms with E-state index in [9.17, 15) is 4.79 Å². The van der Waals surface area contributed by atoms with Crippen molar-refractivity contribution in [2.75, 3.05) is 25.6 Å². The number of carbonyl (C=O) groups excluding carboxylic acids is 1. The molecule has 0 bridgehead atoms. The molecular weight excluding hydrogens is 230 g/mol. The Bertz CT molecular complexity index is 446. The highest BCUT2D eigenvalue weighted by atomic mass is 16.5. The van der Waals surface area contributed by atoms with Gasteiger partial charge in [0.1, 0.15) is 0 Å². The van der Waals surface area contributed by atoms with E-state index in [1.54, 1.807) is 13.2 Å². The van der Waals surface area contributed by atoms with Crippen molar-refractivity contribution in [1.29, 1.82) is 0 Å². The maximum Gasteiger partial charge on any atom is 0.226 e. The van der Waals surface area contributed by atoms with E-state index in [1.165, 1.54) is 0 Å². The quantitative estimate of drug-likeness (QED) is 0.773. The third-order valence-corrected chi connectivity index (χ3v) is 2.19. The van der Waals surface area contributed by atoms with Crippen molar-refractivity contribution in [2.45, 2.75) is 12.8 Å². The summed E-state index contributed by atoms with van der Waals surface area (Å²) >= 11 is 0. The van der Waals surface area contributed by atoms with E-state index in [1.807, 2.05) is 18.2 Å². The minimum atomic E-state index is -0.103. The molecule has 1 aromatic carbocycles. The Morgan fingerprint density at radius 3 is 2.94 bits per heavy atom. The number of ether oxygens (including phenoxy) is 1. The van der Waals surface area contributed by atoms with E-state index in [4.69, 9.17) is 9.84 Å². The van der Waals surface area contributed by atoms with Crippen molar-refractivity contribution in [3.05, 3.63) is 29.8 Å². The number of hydrogen-bond donors (Lipinski definition) is 2. The second-order valence-electron chi connectivity index (χ2n) is 3.61. The SMILES string of the molecule is COCCC(=O)Nc1ccccc1C#CCCO. The Hall–Kier alpha value is -1.83. The number of aliphatic hydroxyl groups is 1. The van der Waals surface area contributed by atoms with Crippen LogP contribution in [0, 0.1) is 11.8 Å². The van der Waals surface area contributed by atoms with Gasteiger partial charge in [-0.2, -0.15) is 0 Å². The molecule has 0 unspecified atom stereocenters. The van der Waals surface area contributed by atoms with E-state index in [0.29, 0.717) is 25.1 Å². The number of rotatable bonds is 5. The van der Waals surface area contributed by atoms with Crippen LogP contribution in [-0.2, 0) is 9.53 Å². The highest BCUT2D eigenvalue weighted by molar-refractivity contribution is 5.92. The predicted octanol–water partition coefficient (Wildman–Crippen LogP) is 1.40. The van der Waals surface area contributed by atoms with E-state index < -0.39 is 0 Å². The summed E-state index contributed by atoms with van der Waals surface area (Å²) in [6.07, 6.45) is 0.737. The molecule has 1 rings (SSSR count). The van der Waals surface area contributed by atoms with Crippen LogP contribution in [-0.4, -0.2) is 31.3 Å². The first-order chi connectivity index (χ1) is 8.77. The summed E-state index contributed by atoms with van der Waals surface area (Å²) in [4.78, 5) is 11.6. The van der Waals surface area contributed by atoms with Gasteiger partial charge in [0.25, 0.3) is 0 Å². The van der Waals surface area contributed by atoms with Crippen molar-refractivity contribution < 1.29 is 14.6 Å². The van der Waals surface area contributed by atoms with Crippen LogP contribution in [0.2, 0.25) is 0 Å². The number of para-hydroxylation sites is 1. The van der Waals surface area contributed by atoms with Crippen LogP contribution in [0.15, 0.2) is 24.3 Å². The van der Waals surface area contributed by atoms with E-state index in [-0.39, 0.29) is 12.5 Å². The van der Waals surface area contributed by atoms with Crippen LogP contribution in [0.1, 0.15) is 18.4 Å². The molecule has 0 aromatic heterocycles. The Labute approximate surface area is 107 Å². The molecule has 4 nitrogen and oxygen atoms in total. The largest absolute Gasteiger partial charge is 0.395 e. The Morgan fingerprint density at radius 1 is 1.44 bits per heavy atom. The van der Waals surface area contributed by atoms with Gasteiger partial charge in [0.2, 0.25) is 5.91 Å². The van der Waals surface area contributed by atoms with Crippen molar-refractivity contribution in [3.8, 4) is 11.8 Å². The lowest BCUT2D eigenvalue weighted by molar-refractivity contribution is -0.117. The van der Waals surface area contributed by atoms with Gasteiger partial charge in [0, 0.05) is 19.1 Å². The fourth-order valence-corrected chi connectivity index (χ4v) is 1.32. The van der Waals surface area contributed by atoms with Gasteiger partial charge in [-0.15, -0.1) is 0 Å². The molecule has 0 radical (unpaired) electrons. The van der Waals surface area contributed by atoms with Crippen molar-refractivity contribution in [3.63, 3.8) is 0 Å². The lowest BCUT2D eigenvalue weighted by atomic mass is 10.1. The average Bonchev–Trinajstić information content (AvgIpc) is 2.38. The molecule has 96 valence electrons. The Kier molecular flexibility index (Phi) is 6.55. The lowest BCUT2D eigenvalue weighted by Crippen LogP contribution is -2.14. The second-order valence-corrected chi connectivity index (χ2v) is 3.61. The molecular formula is C14H17NO3. The van der Waals surface area contributed by atoms with Crippen LogP contribution in [0.4, 0.5) is 5.69 Å². The first-order valence-corrected chi connectivity index (χ1v) is 5.75. The molecule has 4 heteroatoms. The van der Waals surface area contributed by atoms with Gasteiger partial charge >= 0.3 is 0 Å². The maximum absolute atomic E-state index is 11.6. The molecule has 0 spiro atoms. The maximum atomic E-state index is 11.6. The first-order valence-electron chi connectivity index (χ1n) is 5.75. The molecule has 0 aliphatic carbocycles. The van der Waals surface area contributed by atoms with Crippen LogP contribution < -0.4 is 5.32 Å². The second kappa shape index (κ2) is 8.29. The predicted molar refractivity (Wildman–Crippen MR) is 70.1 cm³/mol. The zero-order valence-electron chi connectivity index (χ0n) is 10.4. The average molecular weight is 247 g/mol. The topological polar surface area (TPSA) is 58.6 Å². The number of nitrogens with one attached hydrogen (secondary N) is 1. The molecule has 2 N–H and O–H groups in total. The smallest absolute Gasteiger partial charge is 0.226 e. The number of carbonyl (C=O) groups is 1. The van der Waals surface area contributed by atoms with Crippen molar-refractivity contribution in [2.24, 2.45) is 0 Å². The fraction of sp³-hybridized carbons (Fsp3) is 0.357. The summed E-state index contributed by atoms with van der Waals surface area (Å²) in [5.41, 5.74) is 1.43. The van der Waals surface area contributed by atoms with Gasteiger partial charge in [-0.1, -0.05) is 24.0 Å².